The molecular weight excluding hydrogens is 264 g/mol. The number of hydrogen-bond acceptors (Lipinski definition) is 3. The van der Waals surface area contributed by atoms with Crippen molar-refractivity contribution in [2.24, 2.45) is 7.05 Å². The maximum Gasteiger partial charge on any atom is 0.254 e. The van der Waals surface area contributed by atoms with Gasteiger partial charge in [-0.2, -0.15) is 5.10 Å². The lowest BCUT2D eigenvalue weighted by atomic mass is 10.2. The van der Waals surface area contributed by atoms with Gasteiger partial charge in [0, 0.05) is 37.2 Å². The van der Waals surface area contributed by atoms with Crippen molar-refractivity contribution in [1.29, 1.82) is 0 Å². The summed E-state index contributed by atoms with van der Waals surface area (Å²) in [4.78, 5) is 16.1. The van der Waals surface area contributed by atoms with Crippen molar-refractivity contribution in [2.75, 3.05) is 0 Å². The van der Waals surface area contributed by atoms with Crippen molar-refractivity contribution in [1.82, 2.24) is 20.1 Å². The first-order valence-electron chi connectivity index (χ1n) is 5.87. The second kappa shape index (κ2) is 5.40. The van der Waals surface area contributed by atoms with E-state index < -0.39 is 0 Å². The van der Waals surface area contributed by atoms with Gasteiger partial charge in [-0.1, -0.05) is 11.6 Å². The Morgan fingerprint density at radius 3 is 2.79 bits per heavy atom. The first-order valence-corrected chi connectivity index (χ1v) is 6.24. The number of aryl methyl sites for hydroxylation is 3. The van der Waals surface area contributed by atoms with Crippen LogP contribution in [0.4, 0.5) is 0 Å². The lowest BCUT2D eigenvalue weighted by Gasteiger charge is -2.06. The maximum absolute atomic E-state index is 12.0. The molecule has 0 saturated carbocycles. The van der Waals surface area contributed by atoms with E-state index in [0.717, 1.165) is 17.0 Å². The number of nitrogens with one attached hydrogen (secondary N) is 1. The molecule has 0 saturated heterocycles. The first kappa shape index (κ1) is 13.5. The number of pyridine rings is 1. The molecule has 0 bridgehead atoms. The van der Waals surface area contributed by atoms with Gasteiger partial charge in [-0.3, -0.25) is 14.5 Å². The molecule has 1 N–H and O–H groups in total. The molecule has 2 rings (SSSR count). The van der Waals surface area contributed by atoms with Crippen molar-refractivity contribution in [3.05, 3.63) is 46.0 Å². The van der Waals surface area contributed by atoms with Crippen molar-refractivity contribution in [3.63, 3.8) is 0 Å². The summed E-state index contributed by atoms with van der Waals surface area (Å²) >= 11 is 6.02. The monoisotopic (exact) mass is 278 g/mol. The molecule has 5 nitrogen and oxygen atoms in total. The van der Waals surface area contributed by atoms with E-state index in [0.29, 0.717) is 17.1 Å². The average molecular weight is 279 g/mol. The van der Waals surface area contributed by atoms with E-state index in [9.17, 15) is 4.79 Å². The van der Waals surface area contributed by atoms with Gasteiger partial charge in [-0.25, -0.2) is 0 Å². The summed E-state index contributed by atoms with van der Waals surface area (Å²) in [5.41, 5.74) is 3.04. The van der Waals surface area contributed by atoms with Gasteiger partial charge in [-0.05, 0) is 19.9 Å². The third-order valence-electron chi connectivity index (χ3n) is 2.79. The van der Waals surface area contributed by atoms with Crippen LogP contribution in [0.25, 0.3) is 0 Å². The molecule has 0 radical (unpaired) electrons. The Kier molecular flexibility index (Phi) is 3.85. The van der Waals surface area contributed by atoms with E-state index in [-0.39, 0.29) is 5.91 Å². The van der Waals surface area contributed by atoms with Crippen molar-refractivity contribution in [3.8, 4) is 0 Å². The van der Waals surface area contributed by atoms with Crippen molar-refractivity contribution < 1.29 is 4.79 Å². The Balaban J connectivity index is 2.07. The SMILES string of the molecule is Cc1cc(Cl)c(C(=O)NCc2cn(C)nc2C)cn1. The predicted molar refractivity (Wildman–Crippen MR) is 73.1 cm³/mol. The fraction of sp³-hybridized carbons (Fsp3) is 0.308. The molecule has 0 unspecified atom stereocenters. The molecule has 100 valence electrons. The highest BCUT2D eigenvalue weighted by Crippen LogP contribution is 2.15. The quantitative estimate of drug-likeness (QED) is 0.934. The van der Waals surface area contributed by atoms with Gasteiger partial charge in [0.05, 0.1) is 16.3 Å². The molecule has 0 fully saturated rings. The van der Waals surface area contributed by atoms with Gasteiger partial charge in [0.1, 0.15) is 0 Å². The van der Waals surface area contributed by atoms with Crippen LogP contribution in [-0.4, -0.2) is 20.7 Å². The Bertz CT molecular complexity index is 621. The number of amides is 1. The van der Waals surface area contributed by atoms with Gasteiger partial charge < -0.3 is 5.32 Å². The van der Waals surface area contributed by atoms with E-state index in [1.165, 1.54) is 6.20 Å². The Hall–Kier alpha value is -1.88. The molecule has 2 aromatic heterocycles. The van der Waals surface area contributed by atoms with Crippen LogP contribution in [-0.2, 0) is 13.6 Å². The topological polar surface area (TPSA) is 59.8 Å². The zero-order valence-corrected chi connectivity index (χ0v) is 11.8. The van der Waals surface area contributed by atoms with Gasteiger partial charge in [0.15, 0.2) is 0 Å². The Morgan fingerprint density at radius 1 is 1.47 bits per heavy atom. The van der Waals surface area contributed by atoms with Crippen LogP contribution >= 0.6 is 11.6 Å². The second-order valence-corrected chi connectivity index (χ2v) is 4.81. The number of carbonyl (C=O) groups is 1. The largest absolute Gasteiger partial charge is 0.348 e. The molecule has 0 aliphatic rings. The number of rotatable bonds is 3. The van der Waals surface area contributed by atoms with Gasteiger partial charge >= 0.3 is 0 Å². The molecule has 2 heterocycles. The van der Waals surface area contributed by atoms with Crippen molar-refractivity contribution >= 4 is 17.5 Å². The van der Waals surface area contributed by atoms with E-state index >= 15 is 0 Å². The van der Waals surface area contributed by atoms with Crippen LogP contribution in [0.5, 0.6) is 0 Å². The fourth-order valence-corrected chi connectivity index (χ4v) is 2.08. The molecule has 6 heteroatoms. The van der Waals surface area contributed by atoms with E-state index in [2.05, 4.69) is 15.4 Å². The number of aromatic nitrogens is 3. The summed E-state index contributed by atoms with van der Waals surface area (Å²) in [5.74, 6) is -0.235. The Morgan fingerprint density at radius 2 is 2.21 bits per heavy atom. The van der Waals surface area contributed by atoms with Crippen LogP contribution < -0.4 is 5.32 Å². The summed E-state index contributed by atoms with van der Waals surface area (Å²) in [5, 5.41) is 7.44. The lowest BCUT2D eigenvalue weighted by molar-refractivity contribution is 0.0950. The van der Waals surface area contributed by atoms with E-state index in [4.69, 9.17) is 11.6 Å². The van der Waals surface area contributed by atoms with Gasteiger partial charge in [0.25, 0.3) is 5.91 Å². The number of hydrogen-bond donors (Lipinski definition) is 1. The minimum absolute atomic E-state index is 0.235. The molecule has 0 atom stereocenters. The minimum Gasteiger partial charge on any atom is -0.348 e. The van der Waals surface area contributed by atoms with Gasteiger partial charge in [-0.15, -0.1) is 0 Å². The first-order chi connectivity index (χ1) is 8.97. The standard InChI is InChI=1S/C13H15ClN4O/c1-8-4-12(14)11(6-15-8)13(19)16-5-10-7-18(3)17-9(10)2/h4,6-7H,5H2,1-3H3,(H,16,19). The number of carbonyl (C=O) groups excluding carboxylic acids is 1. The zero-order chi connectivity index (χ0) is 14.0. The number of halogens is 1. The van der Waals surface area contributed by atoms with Crippen LogP contribution in [0.1, 0.15) is 27.3 Å². The maximum atomic E-state index is 12.0. The Labute approximate surface area is 116 Å². The highest BCUT2D eigenvalue weighted by molar-refractivity contribution is 6.33. The highest BCUT2D eigenvalue weighted by atomic mass is 35.5. The second-order valence-electron chi connectivity index (χ2n) is 4.40. The third-order valence-corrected chi connectivity index (χ3v) is 3.10. The van der Waals surface area contributed by atoms with E-state index in [1.54, 1.807) is 10.7 Å². The van der Waals surface area contributed by atoms with E-state index in [1.807, 2.05) is 27.1 Å². The minimum atomic E-state index is -0.235. The van der Waals surface area contributed by atoms with Gasteiger partial charge in [0.2, 0.25) is 0 Å². The number of nitrogens with zero attached hydrogens (tertiary/aromatic N) is 3. The van der Waals surface area contributed by atoms with Crippen LogP contribution in [0, 0.1) is 13.8 Å². The molecule has 0 aliphatic carbocycles. The third kappa shape index (κ3) is 3.12. The highest BCUT2D eigenvalue weighted by Gasteiger charge is 2.12. The summed E-state index contributed by atoms with van der Waals surface area (Å²) in [6.07, 6.45) is 3.37. The summed E-state index contributed by atoms with van der Waals surface area (Å²) < 4.78 is 1.72. The predicted octanol–water partition coefficient (Wildman–Crippen LogP) is 2.02. The average Bonchev–Trinajstić information content (AvgIpc) is 2.65. The smallest absolute Gasteiger partial charge is 0.254 e. The summed E-state index contributed by atoms with van der Waals surface area (Å²) in [6.45, 7) is 4.15. The molecular formula is C13H15ClN4O. The normalized spacial score (nSPS) is 10.5. The van der Waals surface area contributed by atoms with Crippen molar-refractivity contribution in [2.45, 2.75) is 20.4 Å². The molecule has 0 aromatic carbocycles. The molecule has 1 amide bonds. The fourth-order valence-electron chi connectivity index (χ4n) is 1.79. The molecule has 0 aliphatic heterocycles. The zero-order valence-electron chi connectivity index (χ0n) is 11.1. The van der Waals surface area contributed by atoms with Crippen LogP contribution in [0.2, 0.25) is 5.02 Å². The lowest BCUT2D eigenvalue weighted by Crippen LogP contribution is -2.23. The molecule has 2 aromatic rings. The van der Waals surface area contributed by atoms with Crippen LogP contribution in [0.3, 0.4) is 0 Å². The molecule has 0 spiro atoms. The summed E-state index contributed by atoms with van der Waals surface area (Å²) in [6, 6.07) is 1.67. The summed E-state index contributed by atoms with van der Waals surface area (Å²) in [7, 11) is 1.85. The van der Waals surface area contributed by atoms with Crippen LogP contribution in [0.15, 0.2) is 18.5 Å². The molecule has 19 heavy (non-hydrogen) atoms.